The Labute approximate surface area is 115 Å². The zero-order valence-electron chi connectivity index (χ0n) is 12.6. The molecule has 1 unspecified atom stereocenters. The van der Waals surface area contributed by atoms with E-state index in [0.717, 1.165) is 0 Å². The lowest BCUT2D eigenvalue weighted by atomic mass is 10.1. The van der Waals surface area contributed by atoms with Crippen molar-refractivity contribution in [2.45, 2.75) is 53.5 Å². The largest absolute Gasteiger partial charge is 0.480 e. The minimum Gasteiger partial charge on any atom is -0.480 e. The van der Waals surface area contributed by atoms with Crippen LogP contribution in [0.25, 0.3) is 0 Å². The minimum atomic E-state index is -1.06. The molecule has 0 saturated heterocycles. The number of guanidine groups is 1. The van der Waals surface area contributed by atoms with Crippen molar-refractivity contribution < 1.29 is 14.7 Å². The quantitative estimate of drug-likeness (QED) is 0.322. The number of nitrogens with two attached hydrogens (primary N) is 2. The second-order valence-electron chi connectivity index (χ2n) is 3.04. The summed E-state index contributed by atoms with van der Waals surface area (Å²) in [5.74, 6) is -1.46. The first-order valence-electron chi connectivity index (χ1n) is 6.48. The molecule has 0 aliphatic heterocycles. The molecule has 1 atom stereocenters. The fourth-order valence-electron chi connectivity index (χ4n) is 1.01. The van der Waals surface area contributed by atoms with E-state index >= 15 is 0 Å². The number of carboxylic acids is 1. The second kappa shape index (κ2) is 16.2. The third-order valence-electron chi connectivity index (χ3n) is 1.62. The summed E-state index contributed by atoms with van der Waals surface area (Å²) in [5.41, 5.74) is 10.2. The highest BCUT2D eigenvalue weighted by Crippen LogP contribution is 1.98. The fraction of sp³-hybridized carbons (Fsp3) is 0.750. The number of nitrogens with zero attached hydrogens (tertiary/aromatic N) is 1. The van der Waals surface area contributed by atoms with Crippen molar-refractivity contribution in [3.05, 3.63) is 0 Å². The molecule has 0 spiro atoms. The molecule has 19 heavy (non-hydrogen) atoms. The molecule has 0 heterocycles. The molecule has 0 radical (unpaired) electrons. The average Bonchev–Trinajstić information content (AvgIpc) is 2.37. The summed E-state index contributed by atoms with van der Waals surface area (Å²) < 4.78 is 0. The van der Waals surface area contributed by atoms with Gasteiger partial charge in [-0.3, -0.25) is 9.79 Å². The Morgan fingerprint density at radius 1 is 1.21 bits per heavy atom. The molecule has 7 nitrogen and oxygen atoms in total. The van der Waals surface area contributed by atoms with Crippen LogP contribution in [0.15, 0.2) is 4.99 Å². The molecule has 0 bridgehead atoms. The van der Waals surface area contributed by atoms with Gasteiger partial charge in [-0.05, 0) is 12.8 Å². The Morgan fingerprint density at radius 3 is 2.00 bits per heavy atom. The summed E-state index contributed by atoms with van der Waals surface area (Å²) in [6.07, 6.45) is 0.792. The first-order chi connectivity index (χ1) is 8.93. The second-order valence-corrected chi connectivity index (χ2v) is 3.04. The van der Waals surface area contributed by atoms with Crippen LogP contribution < -0.4 is 16.8 Å². The predicted molar refractivity (Wildman–Crippen MR) is 77.8 cm³/mol. The first kappa shape index (κ1) is 22.4. The Morgan fingerprint density at radius 2 is 1.68 bits per heavy atom. The number of carbonyl (C=O) groups is 2. The molecule has 0 rings (SSSR count). The lowest BCUT2D eigenvalue weighted by Gasteiger charge is -2.11. The van der Waals surface area contributed by atoms with E-state index in [1.54, 1.807) is 0 Å². The Kier molecular flexibility index (Phi) is 19.1. The highest BCUT2D eigenvalue weighted by atomic mass is 16.4. The van der Waals surface area contributed by atoms with Crippen LogP contribution in [-0.2, 0) is 9.59 Å². The smallest absolute Gasteiger partial charge is 0.326 e. The molecule has 1 amide bonds. The molecule has 6 N–H and O–H groups in total. The van der Waals surface area contributed by atoms with Crippen LogP contribution >= 0.6 is 0 Å². The van der Waals surface area contributed by atoms with Crippen molar-refractivity contribution in [2.24, 2.45) is 16.5 Å². The Bertz CT molecular complexity index is 264. The van der Waals surface area contributed by atoms with Gasteiger partial charge in [-0.1, -0.05) is 27.7 Å². The molecule has 0 aromatic carbocycles. The number of hydrogen-bond donors (Lipinski definition) is 4. The zero-order valence-corrected chi connectivity index (χ0v) is 12.6. The van der Waals surface area contributed by atoms with Gasteiger partial charge in [-0.25, -0.2) is 4.79 Å². The van der Waals surface area contributed by atoms with Crippen LogP contribution in [0.1, 0.15) is 47.5 Å². The Hall–Kier alpha value is -1.79. The number of nitrogens with one attached hydrogen (secondary N) is 1. The summed E-state index contributed by atoms with van der Waals surface area (Å²) >= 11 is 0. The van der Waals surface area contributed by atoms with Crippen molar-refractivity contribution in [1.29, 1.82) is 0 Å². The minimum absolute atomic E-state index is 0.0265. The third kappa shape index (κ3) is 18.8. The van der Waals surface area contributed by atoms with E-state index < -0.39 is 12.0 Å². The number of carbonyl (C=O) groups excluding carboxylic acids is 1. The zero-order chi connectivity index (χ0) is 15.8. The fourth-order valence-corrected chi connectivity index (χ4v) is 1.01. The van der Waals surface area contributed by atoms with Crippen molar-refractivity contribution in [2.75, 3.05) is 6.54 Å². The first-order valence-corrected chi connectivity index (χ1v) is 6.48. The van der Waals surface area contributed by atoms with Gasteiger partial charge in [0.1, 0.15) is 6.04 Å². The number of aliphatic carboxylic acids is 1. The van der Waals surface area contributed by atoms with Gasteiger partial charge in [0.2, 0.25) is 5.91 Å². The van der Waals surface area contributed by atoms with E-state index in [9.17, 15) is 9.59 Å². The maximum atomic E-state index is 10.7. The number of hydrogen-bond acceptors (Lipinski definition) is 3. The molecule has 0 aliphatic rings. The number of carboxylic acid groups (broad SMARTS) is 1. The van der Waals surface area contributed by atoms with Crippen molar-refractivity contribution >= 4 is 17.8 Å². The number of rotatable bonds is 6. The van der Waals surface area contributed by atoms with Gasteiger partial charge >= 0.3 is 5.97 Å². The van der Waals surface area contributed by atoms with E-state index in [2.05, 4.69) is 10.3 Å². The van der Waals surface area contributed by atoms with Crippen LogP contribution in [0, 0.1) is 0 Å². The SMILES string of the molecule is CC.CC.CC(=O)NC(CCCN=C(N)N)C(=O)O. The molecule has 0 fully saturated rings. The molecular formula is C12H28N4O3. The highest BCUT2D eigenvalue weighted by molar-refractivity contribution is 5.82. The van der Waals surface area contributed by atoms with E-state index in [4.69, 9.17) is 16.6 Å². The Balaban J connectivity index is -0.000000579. The summed E-state index contributed by atoms with van der Waals surface area (Å²) in [4.78, 5) is 25.0. The van der Waals surface area contributed by atoms with Crippen LogP contribution in [0.5, 0.6) is 0 Å². The van der Waals surface area contributed by atoms with Gasteiger partial charge < -0.3 is 21.9 Å². The van der Waals surface area contributed by atoms with Crippen molar-refractivity contribution in [3.63, 3.8) is 0 Å². The van der Waals surface area contributed by atoms with E-state index in [1.807, 2.05) is 27.7 Å². The van der Waals surface area contributed by atoms with E-state index in [1.165, 1.54) is 6.92 Å². The average molecular weight is 276 g/mol. The summed E-state index contributed by atoms with van der Waals surface area (Å²) in [6.45, 7) is 9.62. The van der Waals surface area contributed by atoms with Gasteiger partial charge in [0, 0.05) is 13.5 Å². The van der Waals surface area contributed by atoms with Gasteiger partial charge in [0.15, 0.2) is 5.96 Å². The molecular weight excluding hydrogens is 248 g/mol. The summed E-state index contributed by atoms with van der Waals surface area (Å²) in [6, 6.07) is -0.878. The maximum Gasteiger partial charge on any atom is 0.326 e. The van der Waals surface area contributed by atoms with Gasteiger partial charge in [0.05, 0.1) is 0 Å². The normalized spacial score (nSPS) is 9.74. The maximum absolute atomic E-state index is 10.7. The number of aliphatic imine (C=N–C) groups is 1. The molecule has 0 saturated carbocycles. The molecule has 0 aliphatic carbocycles. The van der Waals surface area contributed by atoms with Crippen molar-refractivity contribution in [3.8, 4) is 0 Å². The third-order valence-corrected chi connectivity index (χ3v) is 1.62. The molecule has 7 heteroatoms. The van der Waals surface area contributed by atoms with Crippen LogP contribution in [0.4, 0.5) is 0 Å². The molecule has 0 aromatic rings. The topological polar surface area (TPSA) is 131 Å². The van der Waals surface area contributed by atoms with Gasteiger partial charge in [0.25, 0.3) is 0 Å². The summed E-state index contributed by atoms with van der Waals surface area (Å²) in [7, 11) is 0. The molecule has 0 aromatic heterocycles. The van der Waals surface area contributed by atoms with E-state index in [-0.39, 0.29) is 11.9 Å². The molecule has 114 valence electrons. The van der Waals surface area contributed by atoms with Gasteiger partial charge in [-0.2, -0.15) is 0 Å². The lowest BCUT2D eigenvalue weighted by Crippen LogP contribution is -2.39. The van der Waals surface area contributed by atoms with Crippen LogP contribution in [0.2, 0.25) is 0 Å². The number of amides is 1. The van der Waals surface area contributed by atoms with Crippen LogP contribution in [-0.4, -0.2) is 35.5 Å². The van der Waals surface area contributed by atoms with Crippen LogP contribution in [0.3, 0.4) is 0 Å². The highest BCUT2D eigenvalue weighted by Gasteiger charge is 2.17. The van der Waals surface area contributed by atoms with E-state index in [0.29, 0.717) is 19.4 Å². The lowest BCUT2D eigenvalue weighted by molar-refractivity contribution is -0.141. The van der Waals surface area contributed by atoms with Gasteiger partial charge in [-0.15, -0.1) is 0 Å². The predicted octanol–water partition coefficient (Wildman–Crippen LogP) is 0.682. The standard InChI is InChI=1S/C8H16N4O3.2C2H6/c1-5(13)12-6(7(14)15)3-2-4-11-8(9)10;2*1-2/h6H,2-4H2,1H3,(H,12,13)(H,14,15)(H4,9,10,11);2*1-2H3. The summed E-state index contributed by atoms with van der Waals surface area (Å²) in [5, 5.41) is 11.0. The van der Waals surface area contributed by atoms with Crippen molar-refractivity contribution in [1.82, 2.24) is 5.32 Å². The monoisotopic (exact) mass is 276 g/mol.